The Morgan fingerprint density at radius 1 is 1.21 bits per heavy atom. The van der Waals surface area contributed by atoms with E-state index in [-0.39, 0.29) is 6.04 Å². The van der Waals surface area contributed by atoms with Crippen molar-refractivity contribution >= 4 is 5.82 Å². The first-order chi connectivity index (χ1) is 10.9. The third-order valence-corrected chi connectivity index (χ3v) is 3.76. The average molecular weight is 255 g/mol. The molecule has 0 aliphatic carbocycles. The molecule has 3 heterocycles. The molecule has 0 radical (unpaired) electrons. The van der Waals surface area contributed by atoms with Crippen LogP contribution in [0.2, 0.25) is 0 Å². The maximum Gasteiger partial charge on any atom is 0.132 e. The van der Waals surface area contributed by atoms with Crippen LogP contribution < -0.4 is 10.2 Å². The lowest BCUT2D eigenvalue weighted by Crippen LogP contribution is -2.46. The summed E-state index contributed by atoms with van der Waals surface area (Å²) in [6.45, 7) is -4.03. The SMILES string of the molecule is [2H]C1([2H])NCC2c3ccccc3Cc3cccnc3N2C1([2H])[2H]. The zero-order valence-electron chi connectivity index (χ0n) is 14.4. The second-order valence-corrected chi connectivity index (χ2v) is 4.87. The van der Waals surface area contributed by atoms with E-state index in [1.165, 1.54) is 4.90 Å². The van der Waals surface area contributed by atoms with Crippen LogP contribution in [-0.2, 0) is 6.42 Å². The van der Waals surface area contributed by atoms with Gasteiger partial charge in [-0.25, -0.2) is 4.98 Å². The van der Waals surface area contributed by atoms with E-state index in [0.717, 1.165) is 16.7 Å². The maximum absolute atomic E-state index is 8.44. The van der Waals surface area contributed by atoms with Crippen LogP contribution in [0.1, 0.15) is 28.2 Å². The highest BCUT2D eigenvalue weighted by atomic mass is 15.3. The molecule has 2 aliphatic heterocycles. The number of piperazine rings is 1. The number of hydrogen-bond donors (Lipinski definition) is 1. The molecule has 1 fully saturated rings. The van der Waals surface area contributed by atoms with Crippen molar-refractivity contribution in [2.45, 2.75) is 12.5 Å². The van der Waals surface area contributed by atoms with Crippen LogP contribution in [0, 0.1) is 0 Å². The molecule has 1 N–H and O–H groups in total. The first-order valence-corrected chi connectivity index (χ1v) is 6.48. The van der Waals surface area contributed by atoms with Crippen molar-refractivity contribution < 1.29 is 5.48 Å². The van der Waals surface area contributed by atoms with Gasteiger partial charge in [0, 0.05) is 34.9 Å². The molecular weight excluding hydrogens is 234 g/mol. The van der Waals surface area contributed by atoms with Crippen LogP contribution in [0.5, 0.6) is 0 Å². The zero-order chi connectivity index (χ0) is 16.2. The van der Waals surface area contributed by atoms with E-state index in [1.807, 2.05) is 30.3 Å². The number of anilines is 1. The average Bonchev–Trinajstić information content (AvgIpc) is 2.66. The number of benzene rings is 1. The Kier molecular flexibility index (Phi) is 1.75. The highest BCUT2D eigenvalue weighted by Crippen LogP contribution is 2.36. The first-order valence-electron chi connectivity index (χ1n) is 8.48. The molecule has 3 nitrogen and oxygen atoms in total. The molecule has 2 aliphatic rings. The first kappa shape index (κ1) is 7.65. The van der Waals surface area contributed by atoms with Gasteiger partial charge in [-0.2, -0.15) is 0 Å². The van der Waals surface area contributed by atoms with Gasteiger partial charge in [-0.15, -0.1) is 0 Å². The van der Waals surface area contributed by atoms with E-state index in [2.05, 4.69) is 16.4 Å². The van der Waals surface area contributed by atoms with Crippen molar-refractivity contribution in [2.75, 3.05) is 24.4 Å². The minimum Gasteiger partial charge on any atom is -0.347 e. The molecule has 1 unspecified atom stereocenters. The summed E-state index contributed by atoms with van der Waals surface area (Å²) in [5.74, 6) is 0.532. The number of aromatic nitrogens is 1. The van der Waals surface area contributed by atoms with Crippen molar-refractivity contribution in [1.29, 1.82) is 0 Å². The minimum atomic E-state index is -2.21. The Balaban J connectivity index is 1.98. The van der Waals surface area contributed by atoms with Crippen LogP contribution in [-0.4, -0.2) is 24.5 Å². The van der Waals surface area contributed by atoms with Crippen molar-refractivity contribution in [2.24, 2.45) is 0 Å². The van der Waals surface area contributed by atoms with Crippen LogP contribution in [0.25, 0.3) is 0 Å². The fourth-order valence-corrected chi connectivity index (χ4v) is 2.88. The third kappa shape index (κ3) is 1.73. The number of nitrogens with zero attached hydrogens (tertiary/aromatic N) is 2. The highest BCUT2D eigenvalue weighted by Gasteiger charge is 2.30. The lowest BCUT2D eigenvalue weighted by Gasteiger charge is -2.37. The van der Waals surface area contributed by atoms with Crippen molar-refractivity contribution in [1.82, 2.24) is 10.3 Å². The van der Waals surface area contributed by atoms with Gasteiger partial charge in [0.05, 0.1) is 8.78 Å². The van der Waals surface area contributed by atoms with E-state index in [9.17, 15) is 0 Å². The van der Waals surface area contributed by atoms with Gasteiger partial charge in [-0.3, -0.25) is 0 Å². The number of pyridine rings is 1. The summed E-state index contributed by atoms with van der Waals surface area (Å²) in [6, 6.07) is 11.5. The standard InChI is InChI=1S/C16H17N3/c1-2-6-14-12(4-1)10-13-5-3-7-18-16(13)19-9-8-17-11-15(14)19/h1-7,15,17H,8-11H2/i8D2,9D2. The summed E-state index contributed by atoms with van der Waals surface area (Å²) in [6.07, 6.45) is 2.31. The third-order valence-electron chi connectivity index (χ3n) is 3.76. The summed E-state index contributed by atoms with van der Waals surface area (Å²) >= 11 is 0. The highest BCUT2D eigenvalue weighted by molar-refractivity contribution is 5.56. The Morgan fingerprint density at radius 2 is 2.11 bits per heavy atom. The van der Waals surface area contributed by atoms with E-state index < -0.39 is 13.0 Å². The Bertz CT molecular complexity index is 762. The van der Waals surface area contributed by atoms with Gasteiger partial charge in [-0.1, -0.05) is 30.3 Å². The summed E-state index contributed by atoms with van der Waals surface area (Å²) in [7, 11) is 0. The van der Waals surface area contributed by atoms with Gasteiger partial charge in [0.15, 0.2) is 0 Å². The molecule has 1 atom stereocenters. The van der Waals surface area contributed by atoms with E-state index in [4.69, 9.17) is 5.48 Å². The fraction of sp³-hybridized carbons (Fsp3) is 0.312. The van der Waals surface area contributed by atoms with Crippen LogP contribution >= 0.6 is 0 Å². The molecule has 96 valence electrons. The monoisotopic (exact) mass is 255 g/mol. The lowest BCUT2D eigenvalue weighted by molar-refractivity contribution is 0.487. The predicted molar refractivity (Wildman–Crippen MR) is 76.4 cm³/mol. The smallest absolute Gasteiger partial charge is 0.132 e. The topological polar surface area (TPSA) is 28.2 Å². The summed E-state index contributed by atoms with van der Waals surface area (Å²) in [4.78, 5) is 5.92. The van der Waals surface area contributed by atoms with Gasteiger partial charge in [0.25, 0.3) is 0 Å². The van der Waals surface area contributed by atoms with E-state index in [0.29, 0.717) is 18.8 Å². The Morgan fingerprint density at radius 3 is 3.11 bits per heavy atom. The lowest BCUT2D eigenvalue weighted by atomic mass is 9.96. The quantitative estimate of drug-likeness (QED) is 0.781. The van der Waals surface area contributed by atoms with Crippen LogP contribution in [0.4, 0.5) is 5.82 Å². The second kappa shape index (κ2) is 4.35. The summed E-state index contributed by atoms with van der Waals surface area (Å²) < 4.78 is 33.0. The van der Waals surface area contributed by atoms with Gasteiger partial charge < -0.3 is 10.2 Å². The molecular formula is C16H17N3. The van der Waals surface area contributed by atoms with Gasteiger partial charge in [-0.05, 0) is 22.8 Å². The number of fused-ring (bicyclic) bond motifs is 5. The molecule has 1 saturated heterocycles. The predicted octanol–water partition coefficient (Wildman–Crippen LogP) is 2.14. The molecule has 3 heteroatoms. The number of nitrogens with one attached hydrogen (secondary N) is 1. The Hall–Kier alpha value is -1.87. The summed E-state index contributed by atoms with van der Waals surface area (Å²) in [5, 5.41) is 2.74. The normalized spacial score (nSPS) is 29.5. The molecule has 2 aromatic rings. The van der Waals surface area contributed by atoms with E-state index >= 15 is 0 Å². The molecule has 4 rings (SSSR count). The molecule has 0 spiro atoms. The Labute approximate surface area is 118 Å². The molecule has 1 aromatic heterocycles. The number of hydrogen-bond acceptors (Lipinski definition) is 3. The van der Waals surface area contributed by atoms with Gasteiger partial charge in [0.2, 0.25) is 0 Å². The minimum absolute atomic E-state index is 0.291. The summed E-state index contributed by atoms with van der Waals surface area (Å²) in [5.41, 5.74) is 3.08. The molecule has 1 aromatic carbocycles. The van der Waals surface area contributed by atoms with Gasteiger partial charge >= 0.3 is 0 Å². The second-order valence-electron chi connectivity index (χ2n) is 4.87. The van der Waals surface area contributed by atoms with Crippen LogP contribution in [0.15, 0.2) is 42.6 Å². The fourth-order valence-electron chi connectivity index (χ4n) is 2.88. The van der Waals surface area contributed by atoms with Crippen molar-refractivity contribution in [3.05, 3.63) is 59.3 Å². The largest absolute Gasteiger partial charge is 0.347 e. The number of rotatable bonds is 0. The van der Waals surface area contributed by atoms with Gasteiger partial charge in [0.1, 0.15) is 5.82 Å². The van der Waals surface area contributed by atoms with Crippen molar-refractivity contribution in [3.8, 4) is 0 Å². The molecule has 0 amide bonds. The molecule has 0 bridgehead atoms. The zero-order valence-corrected chi connectivity index (χ0v) is 10.4. The molecule has 19 heavy (non-hydrogen) atoms. The van der Waals surface area contributed by atoms with Crippen LogP contribution in [0.3, 0.4) is 0 Å². The van der Waals surface area contributed by atoms with Crippen molar-refractivity contribution in [3.63, 3.8) is 0 Å². The maximum atomic E-state index is 8.44. The van der Waals surface area contributed by atoms with E-state index in [1.54, 1.807) is 6.20 Å². The molecule has 0 saturated carbocycles.